The number of aryl methyl sites for hydroxylation is 1. The van der Waals surface area contributed by atoms with Gasteiger partial charge in [0.2, 0.25) is 0 Å². The number of hydrogen-bond donors (Lipinski definition) is 0. The van der Waals surface area contributed by atoms with Gasteiger partial charge in [-0.15, -0.1) is 11.6 Å². The first-order chi connectivity index (χ1) is 7.13. The van der Waals surface area contributed by atoms with Crippen LogP contribution in [0.1, 0.15) is 31.7 Å². The first-order valence-corrected chi connectivity index (χ1v) is 6.44. The minimum atomic E-state index is -0.148. The molecule has 0 spiro atoms. The molecule has 84 valence electrons. The van der Waals surface area contributed by atoms with Crippen molar-refractivity contribution in [2.75, 3.05) is 0 Å². The third-order valence-corrected chi connectivity index (χ3v) is 3.27. The Bertz CT molecular complexity index is 314. The smallest absolute Gasteiger partial charge is 0.127 e. The summed E-state index contributed by atoms with van der Waals surface area (Å²) in [5, 5.41) is 0.165. The molecule has 0 N–H and O–H groups in total. The number of hydrogen-bond acceptors (Lipinski definition) is 0. The van der Waals surface area contributed by atoms with E-state index in [-0.39, 0.29) is 11.2 Å². The highest BCUT2D eigenvalue weighted by Gasteiger charge is 2.07. The van der Waals surface area contributed by atoms with Crippen molar-refractivity contribution in [3.8, 4) is 0 Å². The van der Waals surface area contributed by atoms with E-state index in [9.17, 15) is 4.39 Å². The topological polar surface area (TPSA) is 0 Å². The van der Waals surface area contributed by atoms with Gasteiger partial charge in [-0.1, -0.05) is 35.3 Å². The Kier molecular flexibility index (Phi) is 5.62. The van der Waals surface area contributed by atoms with Crippen LogP contribution in [0.25, 0.3) is 0 Å². The predicted octanol–water partition coefficient (Wildman–Crippen LogP) is 4.93. The third-order valence-electron chi connectivity index (χ3n) is 2.34. The van der Waals surface area contributed by atoms with Crippen LogP contribution in [-0.2, 0) is 6.42 Å². The highest BCUT2D eigenvalue weighted by Crippen LogP contribution is 2.19. The molecule has 0 aromatic heterocycles. The van der Waals surface area contributed by atoms with Gasteiger partial charge in [0, 0.05) is 9.85 Å². The van der Waals surface area contributed by atoms with Gasteiger partial charge in [-0.3, -0.25) is 0 Å². The molecular formula is C12H15BrClF. The molecule has 1 unspecified atom stereocenters. The lowest BCUT2D eigenvalue weighted by Gasteiger charge is -2.08. The summed E-state index contributed by atoms with van der Waals surface area (Å²) in [6.45, 7) is 2.11. The summed E-state index contributed by atoms with van der Waals surface area (Å²) < 4.78 is 14.2. The number of alkyl halides is 1. The maximum atomic E-state index is 13.4. The Labute approximate surface area is 104 Å². The van der Waals surface area contributed by atoms with Gasteiger partial charge in [0.25, 0.3) is 0 Å². The number of benzene rings is 1. The fourth-order valence-electron chi connectivity index (χ4n) is 1.49. The second-order valence-electron chi connectivity index (χ2n) is 3.66. The largest absolute Gasteiger partial charge is 0.207 e. The zero-order valence-corrected chi connectivity index (χ0v) is 11.1. The van der Waals surface area contributed by atoms with E-state index in [1.807, 2.05) is 12.1 Å². The van der Waals surface area contributed by atoms with Crippen molar-refractivity contribution in [1.29, 1.82) is 0 Å². The minimum Gasteiger partial charge on any atom is -0.207 e. The van der Waals surface area contributed by atoms with E-state index in [1.165, 1.54) is 6.07 Å². The fourth-order valence-corrected chi connectivity index (χ4v) is 2.15. The van der Waals surface area contributed by atoms with Gasteiger partial charge in [-0.05, 0) is 37.0 Å². The first-order valence-electron chi connectivity index (χ1n) is 5.21. The molecule has 0 radical (unpaired) electrons. The molecule has 0 saturated heterocycles. The van der Waals surface area contributed by atoms with Gasteiger partial charge in [0.05, 0.1) is 0 Å². The zero-order chi connectivity index (χ0) is 11.3. The van der Waals surface area contributed by atoms with Crippen molar-refractivity contribution >= 4 is 27.5 Å². The lowest BCUT2D eigenvalue weighted by Crippen LogP contribution is -2.01. The van der Waals surface area contributed by atoms with Gasteiger partial charge in [-0.25, -0.2) is 4.39 Å². The second-order valence-corrected chi connectivity index (χ2v) is 5.19. The molecule has 0 bridgehead atoms. The van der Waals surface area contributed by atoms with Gasteiger partial charge in [-0.2, -0.15) is 0 Å². The predicted molar refractivity (Wildman–Crippen MR) is 67.0 cm³/mol. The van der Waals surface area contributed by atoms with Gasteiger partial charge >= 0.3 is 0 Å². The fraction of sp³-hybridized carbons (Fsp3) is 0.500. The molecule has 0 aliphatic rings. The Balaban J connectivity index is 2.50. The Hall–Kier alpha value is -0.0800. The normalized spacial score (nSPS) is 12.8. The molecule has 0 nitrogen and oxygen atoms in total. The van der Waals surface area contributed by atoms with E-state index < -0.39 is 0 Å². The molecule has 3 heteroatoms. The summed E-state index contributed by atoms with van der Waals surface area (Å²) in [5.41, 5.74) is 0.750. The maximum Gasteiger partial charge on any atom is 0.127 e. The van der Waals surface area contributed by atoms with Crippen LogP contribution >= 0.6 is 27.5 Å². The molecule has 1 rings (SSSR count). The van der Waals surface area contributed by atoms with Gasteiger partial charge in [0.15, 0.2) is 0 Å². The van der Waals surface area contributed by atoms with Crippen molar-refractivity contribution in [3.63, 3.8) is 0 Å². The molecule has 15 heavy (non-hydrogen) atoms. The zero-order valence-electron chi connectivity index (χ0n) is 8.77. The molecular weight excluding hydrogens is 278 g/mol. The molecule has 1 aromatic carbocycles. The highest BCUT2D eigenvalue weighted by molar-refractivity contribution is 9.10. The maximum absolute atomic E-state index is 13.4. The Morgan fingerprint density at radius 1 is 1.40 bits per heavy atom. The summed E-state index contributed by atoms with van der Waals surface area (Å²) in [7, 11) is 0. The summed E-state index contributed by atoms with van der Waals surface area (Å²) in [4.78, 5) is 0. The lowest BCUT2D eigenvalue weighted by atomic mass is 10.1. The van der Waals surface area contributed by atoms with Gasteiger partial charge < -0.3 is 0 Å². The minimum absolute atomic E-state index is 0.148. The SMILES string of the molecule is CCCC(Cl)CCc1ccc(Br)cc1F. The number of rotatable bonds is 5. The van der Waals surface area contributed by atoms with E-state index in [4.69, 9.17) is 11.6 Å². The van der Waals surface area contributed by atoms with E-state index >= 15 is 0 Å². The van der Waals surface area contributed by atoms with E-state index in [0.717, 1.165) is 29.3 Å². The van der Waals surface area contributed by atoms with Gasteiger partial charge in [0.1, 0.15) is 5.82 Å². The summed E-state index contributed by atoms with van der Waals surface area (Å²) in [5.74, 6) is -0.148. The number of halogens is 3. The van der Waals surface area contributed by atoms with Crippen LogP contribution in [0.15, 0.2) is 22.7 Å². The van der Waals surface area contributed by atoms with Crippen LogP contribution < -0.4 is 0 Å². The highest BCUT2D eigenvalue weighted by atomic mass is 79.9. The van der Waals surface area contributed by atoms with Crippen LogP contribution in [-0.4, -0.2) is 5.38 Å². The summed E-state index contributed by atoms with van der Waals surface area (Å²) in [6, 6.07) is 5.18. The second kappa shape index (κ2) is 6.49. The van der Waals surface area contributed by atoms with Crippen LogP contribution in [0.4, 0.5) is 4.39 Å². The average molecular weight is 294 g/mol. The monoisotopic (exact) mass is 292 g/mol. The van der Waals surface area contributed by atoms with Crippen LogP contribution in [0, 0.1) is 5.82 Å². The molecule has 0 fully saturated rings. The molecule has 0 aliphatic heterocycles. The molecule has 0 saturated carbocycles. The van der Waals surface area contributed by atoms with Crippen molar-refractivity contribution in [2.24, 2.45) is 0 Å². The molecule has 1 atom stereocenters. The Morgan fingerprint density at radius 3 is 2.73 bits per heavy atom. The molecule has 0 amide bonds. The quantitative estimate of drug-likeness (QED) is 0.675. The Morgan fingerprint density at radius 2 is 2.13 bits per heavy atom. The van der Waals surface area contributed by atoms with Crippen molar-refractivity contribution in [3.05, 3.63) is 34.1 Å². The summed E-state index contributed by atoms with van der Waals surface area (Å²) in [6.07, 6.45) is 3.64. The lowest BCUT2D eigenvalue weighted by molar-refractivity contribution is 0.595. The van der Waals surface area contributed by atoms with Crippen LogP contribution in [0.2, 0.25) is 0 Å². The van der Waals surface area contributed by atoms with Crippen molar-refractivity contribution in [1.82, 2.24) is 0 Å². The molecule has 1 aromatic rings. The van der Waals surface area contributed by atoms with Crippen LogP contribution in [0.5, 0.6) is 0 Å². The molecule has 0 aliphatic carbocycles. The molecule has 0 heterocycles. The first kappa shape index (κ1) is 13.0. The van der Waals surface area contributed by atoms with E-state index in [0.29, 0.717) is 6.42 Å². The van der Waals surface area contributed by atoms with E-state index in [2.05, 4.69) is 22.9 Å². The van der Waals surface area contributed by atoms with Crippen LogP contribution in [0.3, 0.4) is 0 Å². The average Bonchev–Trinajstić information content (AvgIpc) is 2.17. The van der Waals surface area contributed by atoms with E-state index in [1.54, 1.807) is 0 Å². The van der Waals surface area contributed by atoms with Crippen molar-refractivity contribution in [2.45, 2.75) is 38.0 Å². The van der Waals surface area contributed by atoms with Crippen molar-refractivity contribution < 1.29 is 4.39 Å². The summed E-state index contributed by atoms with van der Waals surface area (Å²) >= 11 is 9.32. The standard InChI is InChI=1S/C12H15BrClF/c1-2-3-11(14)7-5-9-4-6-10(13)8-12(9)15/h4,6,8,11H,2-3,5,7H2,1H3. The third kappa shape index (κ3) is 4.52.